The van der Waals surface area contributed by atoms with Crippen molar-refractivity contribution in [2.24, 2.45) is 17.6 Å². The summed E-state index contributed by atoms with van der Waals surface area (Å²) in [7, 11) is 0. The molecular formula is C17H21FN2O. The molecule has 1 aromatic carbocycles. The molecule has 21 heavy (non-hydrogen) atoms. The molecule has 2 unspecified atom stereocenters. The summed E-state index contributed by atoms with van der Waals surface area (Å²) in [5, 5.41) is 0. The number of amides is 1. The van der Waals surface area contributed by atoms with Gasteiger partial charge in [-0.1, -0.05) is 25.7 Å². The van der Waals surface area contributed by atoms with Gasteiger partial charge in [-0.3, -0.25) is 4.79 Å². The first-order chi connectivity index (χ1) is 10.0. The van der Waals surface area contributed by atoms with E-state index in [1.54, 1.807) is 11.0 Å². The zero-order valence-corrected chi connectivity index (χ0v) is 12.5. The van der Waals surface area contributed by atoms with E-state index in [0.29, 0.717) is 30.5 Å². The van der Waals surface area contributed by atoms with Gasteiger partial charge in [0.05, 0.1) is 12.1 Å². The number of nitrogens with zero attached hydrogens (tertiary/aromatic N) is 1. The van der Waals surface area contributed by atoms with E-state index in [0.717, 1.165) is 6.42 Å². The minimum atomic E-state index is -0.496. The van der Waals surface area contributed by atoms with Crippen molar-refractivity contribution in [1.29, 1.82) is 0 Å². The molecule has 1 aliphatic rings. The third kappa shape index (κ3) is 3.83. The van der Waals surface area contributed by atoms with Crippen LogP contribution in [0.3, 0.4) is 0 Å². The van der Waals surface area contributed by atoms with E-state index in [1.807, 2.05) is 0 Å². The smallest absolute Gasteiger partial charge is 0.256 e. The molecule has 112 valence electrons. The number of nitrogens with two attached hydrogens (primary N) is 1. The van der Waals surface area contributed by atoms with Gasteiger partial charge in [-0.25, -0.2) is 4.39 Å². The van der Waals surface area contributed by atoms with Crippen LogP contribution in [0.2, 0.25) is 0 Å². The van der Waals surface area contributed by atoms with E-state index in [-0.39, 0.29) is 18.0 Å². The quantitative estimate of drug-likeness (QED) is 0.806. The Kier molecular flexibility index (Phi) is 4.98. The second-order valence-electron chi connectivity index (χ2n) is 5.86. The normalized spacial score (nSPS) is 21.6. The molecule has 0 aromatic heterocycles. The first-order valence-corrected chi connectivity index (χ1v) is 7.29. The van der Waals surface area contributed by atoms with Gasteiger partial charge in [0.15, 0.2) is 0 Å². The molecule has 3 nitrogen and oxygen atoms in total. The molecule has 0 saturated carbocycles. The Hall–Kier alpha value is -1.86. The third-order valence-corrected chi connectivity index (χ3v) is 3.69. The minimum Gasteiger partial charge on any atom is -0.338 e. The van der Waals surface area contributed by atoms with Crippen molar-refractivity contribution in [3.8, 4) is 11.8 Å². The predicted molar refractivity (Wildman–Crippen MR) is 81.2 cm³/mol. The number of benzene rings is 1. The molecule has 1 aliphatic heterocycles. The van der Waals surface area contributed by atoms with E-state index in [4.69, 9.17) is 5.73 Å². The maximum atomic E-state index is 14.0. The van der Waals surface area contributed by atoms with Crippen LogP contribution in [0.5, 0.6) is 0 Å². The van der Waals surface area contributed by atoms with E-state index in [2.05, 4.69) is 25.7 Å². The Balaban J connectivity index is 2.25. The lowest BCUT2D eigenvalue weighted by molar-refractivity contribution is 0.0618. The summed E-state index contributed by atoms with van der Waals surface area (Å²) in [6.45, 7) is 5.84. The highest BCUT2D eigenvalue weighted by molar-refractivity contribution is 5.95. The zero-order valence-electron chi connectivity index (χ0n) is 12.5. The standard InChI is InChI=1S/C17H21FN2O/c1-12-8-13(2)11-20(10-12)17(21)15-9-14(4-3-7-19)5-6-16(15)18/h5-6,9,12-13H,7-8,10-11,19H2,1-2H3. The Morgan fingerprint density at radius 3 is 2.67 bits per heavy atom. The van der Waals surface area contributed by atoms with E-state index >= 15 is 0 Å². The van der Waals surface area contributed by atoms with Gasteiger partial charge in [-0.05, 0) is 36.5 Å². The Bertz CT molecular complexity index is 578. The molecule has 0 aliphatic carbocycles. The summed E-state index contributed by atoms with van der Waals surface area (Å²) >= 11 is 0. The third-order valence-electron chi connectivity index (χ3n) is 3.69. The molecule has 1 saturated heterocycles. The lowest BCUT2D eigenvalue weighted by Crippen LogP contribution is -2.42. The first kappa shape index (κ1) is 15.5. The minimum absolute atomic E-state index is 0.0973. The number of hydrogen-bond acceptors (Lipinski definition) is 2. The topological polar surface area (TPSA) is 46.3 Å². The molecule has 1 aromatic rings. The van der Waals surface area contributed by atoms with Gasteiger partial charge in [0.1, 0.15) is 5.82 Å². The van der Waals surface area contributed by atoms with Crippen LogP contribution in [-0.2, 0) is 0 Å². The van der Waals surface area contributed by atoms with E-state index < -0.39 is 5.82 Å². The predicted octanol–water partition coefficient (Wildman–Crippen LogP) is 2.25. The lowest BCUT2D eigenvalue weighted by atomic mass is 9.91. The van der Waals surface area contributed by atoms with Crippen molar-refractivity contribution in [3.05, 3.63) is 35.1 Å². The second kappa shape index (κ2) is 6.73. The van der Waals surface area contributed by atoms with Crippen LogP contribution in [0.15, 0.2) is 18.2 Å². The lowest BCUT2D eigenvalue weighted by Gasteiger charge is -2.35. The fraction of sp³-hybridized carbons (Fsp3) is 0.471. The van der Waals surface area contributed by atoms with Crippen molar-refractivity contribution >= 4 is 5.91 Å². The fourth-order valence-corrected chi connectivity index (χ4v) is 2.92. The molecule has 0 spiro atoms. The number of halogens is 1. The Labute approximate surface area is 125 Å². The van der Waals surface area contributed by atoms with Crippen LogP contribution in [0.4, 0.5) is 4.39 Å². The van der Waals surface area contributed by atoms with E-state index in [1.165, 1.54) is 12.1 Å². The van der Waals surface area contributed by atoms with Gasteiger partial charge in [0, 0.05) is 18.7 Å². The highest BCUT2D eigenvalue weighted by Crippen LogP contribution is 2.23. The average Bonchev–Trinajstić information content (AvgIpc) is 2.44. The van der Waals surface area contributed by atoms with Gasteiger partial charge in [0.2, 0.25) is 0 Å². The van der Waals surface area contributed by atoms with Crippen LogP contribution in [0, 0.1) is 29.5 Å². The molecule has 4 heteroatoms. The van der Waals surface area contributed by atoms with Crippen LogP contribution in [0.1, 0.15) is 36.2 Å². The number of hydrogen-bond donors (Lipinski definition) is 1. The zero-order chi connectivity index (χ0) is 15.4. The van der Waals surface area contributed by atoms with Crippen molar-refractivity contribution in [2.75, 3.05) is 19.6 Å². The van der Waals surface area contributed by atoms with Gasteiger partial charge >= 0.3 is 0 Å². The number of carbonyl (C=O) groups is 1. The average molecular weight is 288 g/mol. The van der Waals surface area contributed by atoms with Gasteiger partial charge in [0.25, 0.3) is 5.91 Å². The van der Waals surface area contributed by atoms with Gasteiger partial charge < -0.3 is 10.6 Å². The van der Waals surface area contributed by atoms with Crippen LogP contribution in [-0.4, -0.2) is 30.4 Å². The number of carbonyl (C=O) groups excluding carboxylic acids is 1. The second-order valence-corrected chi connectivity index (χ2v) is 5.86. The largest absolute Gasteiger partial charge is 0.338 e. The number of likely N-dealkylation sites (tertiary alicyclic amines) is 1. The highest BCUT2D eigenvalue weighted by atomic mass is 19.1. The SMILES string of the molecule is CC1CC(C)CN(C(=O)c2cc(C#CCN)ccc2F)C1. The van der Waals surface area contributed by atoms with Crippen LogP contribution >= 0.6 is 0 Å². The highest BCUT2D eigenvalue weighted by Gasteiger charge is 2.27. The molecule has 0 radical (unpaired) electrons. The van der Waals surface area contributed by atoms with Crippen molar-refractivity contribution in [2.45, 2.75) is 20.3 Å². The first-order valence-electron chi connectivity index (χ1n) is 7.29. The molecule has 0 bridgehead atoms. The van der Waals surface area contributed by atoms with Crippen LogP contribution < -0.4 is 5.73 Å². The molecule has 1 fully saturated rings. The van der Waals surface area contributed by atoms with Crippen molar-refractivity contribution < 1.29 is 9.18 Å². The number of piperidine rings is 1. The summed E-state index contributed by atoms with van der Waals surface area (Å²) < 4.78 is 14.0. The summed E-state index contributed by atoms with van der Waals surface area (Å²) in [5.74, 6) is 5.70. The molecule has 2 atom stereocenters. The summed E-state index contributed by atoms with van der Waals surface area (Å²) in [5.41, 5.74) is 6.04. The Morgan fingerprint density at radius 2 is 2.05 bits per heavy atom. The maximum Gasteiger partial charge on any atom is 0.256 e. The van der Waals surface area contributed by atoms with Gasteiger partial charge in [-0.2, -0.15) is 0 Å². The molecule has 2 rings (SSSR count). The van der Waals surface area contributed by atoms with Crippen molar-refractivity contribution in [1.82, 2.24) is 4.90 Å². The molecule has 2 N–H and O–H groups in total. The monoisotopic (exact) mass is 288 g/mol. The summed E-state index contributed by atoms with van der Waals surface area (Å²) in [6, 6.07) is 4.38. The molecular weight excluding hydrogens is 267 g/mol. The summed E-state index contributed by atoms with van der Waals surface area (Å²) in [4.78, 5) is 14.3. The fourth-order valence-electron chi connectivity index (χ4n) is 2.92. The van der Waals surface area contributed by atoms with Crippen LogP contribution in [0.25, 0.3) is 0 Å². The molecule has 1 amide bonds. The summed E-state index contributed by atoms with van der Waals surface area (Å²) in [6.07, 6.45) is 1.11. The molecule has 1 heterocycles. The Morgan fingerprint density at radius 1 is 1.38 bits per heavy atom. The van der Waals surface area contributed by atoms with E-state index in [9.17, 15) is 9.18 Å². The van der Waals surface area contributed by atoms with Crippen molar-refractivity contribution in [3.63, 3.8) is 0 Å². The van der Waals surface area contributed by atoms with Gasteiger partial charge in [-0.15, -0.1) is 0 Å². The number of rotatable bonds is 1. The maximum absolute atomic E-state index is 14.0.